The van der Waals surface area contributed by atoms with E-state index in [-0.39, 0.29) is 44.6 Å². The second-order valence-electron chi connectivity index (χ2n) is 6.85. The molecule has 6 nitrogen and oxygen atoms in total. The third-order valence-corrected chi connectivity index (χ3v) is 5.67. The molecule has 2 aliphatic rings. The molecular weight excluding hydrogens is 427 g/mol. The van der Waals surface area contributed by atoms with Crippen LogP contribution >= 0.6 is 23.2 Å². The number of ether oxygens (including phenoxy) is 2. The summed E-state index contributed by atoms with van der Waals surface area (Å²) >= 11 is 12.1. The molecule has 1 atom stereocenters. The Labute approximate surface area is 175 Å². The maximum Gasteiger partial charge on any atom is 0.387 e. The van der Waals surface area contributed by atoms with E-state index in [9.17, 15) is 13.6 Å². The summed E-state index contributed by atoms with van der Waals surface area (Å²) < 4.78 is 36.3. The molecule has 1 aliphatic carbocycles. The molecule has 0 bridgehead atoms. The molecule has 0 spiro atoms. The maximum absolute atomic E-state index is 12.9. The number of fused-ring (bicyclic) bond motifs is 1. The molecule has 29 heavy (non-hydrogen) atoms. The van der Waals surface area contributed by atoms with Crippen molar-refractivity contribution in [3.05, 3.63) is 40.1 Å². The normalized spacial score (nSPS) is 18.3. The lowest BCUT2D eigenvalue weighted by Gasteiger charge is -2.38. The largest absolute Gasteiger partial charge is 0.482 e. The van der Waals surface area contributed by atoms with Crippen LogP contribution in [-0.4, -0.2) is 30.2 Å². The van der Waals surface area contributed by atoms with Crippen molar-refractivity contribution in [1.29, 1.82) is 0 Å². The summed E-state index contributed by atoms with van der Waals surface area (Å²) in [5, 5.41) is 6.13. The van der Waals surface area contributed by atoms with Crippen LogP contribution in [0.3, 0.4) is 0 Å². The highest BCUT2D eigenvalue weighted by atomic mass is 35.5. The number of hydrogen-bond acceptors (Lipinski definition) is 5. The molecule has 1 aromatic carbocycles. The summed E-state index contributed by atoms with van der Waals surface area (Å²) in [6.45, 7) is -2.55. The minimum Gasteiger partial charge on any atom is -0.482 e. The molecule has 10 heteroatoms. The second kappa shape index (κ2) is 8.20. The van der Waals surface area contributed by atoms with Crippen LogP contribution < -0.4 is 20.1 Å². The molecule has 1 aromatic heterocycles. The Hall–Kier alpha value is -2.32. The number of aromatic nitrogens is 1. The summed E-state index contributed by atoms with van der Waals surface area (Å²) in [4.78, 5) is 16.7. The highest BCUT2D eigenvalue weighted by molar-refractivity contribution is 6.39. The molecule has 0 radical (unpaired) electrons. The molecule has 1 saturated carbocycles. The number of amides is 1. The van der Waals surface area contributed by atoms with Gasteiger partial charge in [0, 0.05) is 12.4 Å². The van der Waals surface area contributed by atoms with Gasteiger partial charge in [-0.1, -0.05) is 29.6 Å². The number of anilines is 2. The summed E-state index contributed by atoms with van der Waals surface area (Å²) in [6.07, 6.45) is 5.69. The van der Waals surface area contributed by atoms with E-state index in [4.69, 9.17) is 27.9 Å². The van der Waals surface area contributed by atoms with Crippen LogP contribution in [0.5, 0.6) is 11.5 Å². The van der Waals surface area contributed by atoms with E-state index in [1.54, 1.807) is 0 Å². The zero-order valence-electron chi connectivity index (χ0n) is 15.1. The zero-order valence-corrected chi connectivity index (χ0v) is 16.6. The van der Waals surface area contributed by atoms with Crippen LogP contribution in [0.1, 0.15) is 29.6 Å². The van der Waals surface area contributed by atoms with Gasteiger partial charge in [0.05, 0.1) is 33.5 Å². The SMILES string of the molecule is O=C(Nc1c(Cl)cncc1Cl)c1ccc(OC(F)F)c2c1NCC(C1CCC1)O2. The lowest BCUT2D eigenvalue weighted by atomic mass is 9.80. The number of halogens is 4. The number of carbonyl (C=O) groups is 1. The number of benzene rings is 1. The first kappa shape index (κ1) is 20.0. The van der Waals surface area contributed by atoms with E-state index in [0.29, 0.717) is 12.5 Å². The number of hydrogen-bond donors (Lipinski definition) is 2. The van der Waals surface area contributed by atoms with Crippen LogP contribution in [-0.2, 0) is 0 Å². The monoisotopic (exact) mass is 443 g/mol. The van der Waals surface area contributed by atoms with Crippen LogP contribution in [0.2, 0.25) is 10.0 Å². The van der Waals surface area contributed by atoms with Crippen molar-refractivity contribution in [2.24, 2.45) is 5.92 Å². The number of rotatable bonds is 5. The van der Waals surface area contributed by atoms with Gasteiger partial charge in [0.2, 0.25) is 0 Å². The van der Waals surface area contributed by atoms with Crippen molar-refractivity contribution >= 4 is 40.5 Å². The fourth-order valence-electron chi connectivity index (χ4n) is 3.42. The van der Waals surface area contributed by atoms with E-state index in [1.807, 2.05) is 0 Å². The zero-order chi connectivity index (χ0) is 20.5. The topological polar surface area (TPSA) is 72.5 Å². The smallest absolute Gasteiger partial charge is 0.387 e. The second-order valence-corrected chi connectivity index (χ2v) is 7.67. The van der Waals surface area contributed by atoms with Gasteiger partial charge in [-0.3, -0.25) is 9.78 Å². The van der Waals surface area contributed by atoms with Crippen molar-refractivity contribution in [2.75, 3.05) is 17.2 Å². The Morgan fingerprint density at radius 1 is 1.28 bits per heavy atom. The molecule has 0 saturated heterocycles. The van der Waals surface area contributed by atoms with E-state index in [2.05, 4.69) is 20.4 Å². The molecule has 2 N–H and O–H groups in total. The van der Waals surface area contributed by atoms with E-state index in [0.717, 1.165) is 19.3 Å². The van der Waals surface area contributed by atoms with Gasteiger partial charge < -0.3 is 20.1 Å². The molecule has 1 aliphatic heterocycles. The van der Waals surface area contributed by atoms with Gasteiger partial charge in [0.1, 0.15) is 6.10 Å². The number of carbonyl (C=O) groups excluding carboxylic acids is 1. The number of pyridine rings is 1. The molecule has 2 heterocycles. The lowest BCUT2D eigenvalue weighted by molar-refractivity contribution is -0.0529. The minimum atomic E-state index is -3.01. The molecule has 1 fully saturated rings. The molecule has 4 rings (SSSR count). The van der Waals surface area contributed by atoms with Crippen molar-refractivity contribution in [2.45, 2.75) is 32.0 Å². The van der Waals surface area contributed by atoms with E-state index < -0.39 is 12.5 Å². The average molecular weight is 444 g/mol. The lowest BCUT2D eigenvalue weighted by Crippen LogP contribution is -2.41. The van der Waals surface area contributed by atoms with Crippen molar-refractivity contribution in [3.8, 4) is 11.5 Å². The van der Waals surface area contributed by atoms with E-state index in [1.165, 1.54) is 24.5 Å². The fraction of sp³-hybridized carbons (Fsp3) is 0.368. The first-order valence-electron chi connectivity index (χ1n) is 9.06. The van der Waals surface area contributed by atoms with Gasteiger partial charge in [0.15, 0.2) is 11.5 Å². The quantitative estimate of drug-likeness (QED) is 0.662. The van der Waals surface area contributed by atoms with Gasteiger partial charge >= 0.3 is 6.61 Å². The predicted molar refractivity (Wildman–Crippen MR) is 106 cm³/mol. The van der Waals surface area contributed by atoms with Gasteiger partial charge in [-0.2, -0.15) is 8.78 Å². The number of nitrogens with one attached hydrogen (secondary N) is 2. The highest BCUT2D eigenvalue weighted by Gasteiger charge is 2.35. The standard InChI is InChI=1S/C19H17Cl2F2N3O3/c20-11-6-24-7-12(21)16(11)26-18(27)10-4-5-13(29-19(22)23)17-15(10)25-8-14(28-17)9-2-1-3-9/h4-7,9,14,19,25H,1-3,8H2,(H,24,26,27). The van der Waals surface area contributed by atoms with Gasteiger partial charge in [-0.05, 0) is 30.9 Å². The van der Waals surface area contributed by atoms with Crippen LogP contribution in [0.4, 0.5) is 20.2 Å². The Bertz CT molecular complexity index is 921. The van der Waals surface area contributed by atoms with Gasteiger partial charge in [-0.25, -0.2) is 0 Å². The van der Waals surface area contributed by atoms with Gasteiger partial charge in [-0.15, -0.1) is 0 Å². The maximum atomic E-state index is 12.9. The van der Waals surface area contributed by atoms with Crippen molar-refractivity contribution in [3.63, 3.8) is 0 Å². The summed E-state index contributed by atoms with van der Waals surface area (Å²) in [5.41, 5.74) is 0.689. The molecule has 154 valence electrons. The molecule has 1 unspecified atom stereocenters. The summed E-state index contributed by atoms with van der Waals surface area (Å²) in [6, 6.07) is 2.68. The van der Waals surface area contributed by atoms with Crippen molar-refractivity contribution in [1.82, 2.24) is 4.98 Å². The van der Waals surface area contributed by atoms with Crippen LogP contribution in [0, 0.1) is 5.92 Å². The molecule has 1 amide bonds. The minimum absolute atomic E-state index is 0.105. The first-order valence-corrected chi connectivity index (χ1v) is 9.82. The Balaban J connectivity index is 1.66. The summed E-state index contributed by atoms with van der Waals surface area (Å²) in [5.74, 6) is -0.198. The Morgan fingerprint density at radius 2 is 2.00 bits per heavy atom. The average Bonchev–Trinajstić information content (AvgIpc) is 2.63. The van der Waals surface area contributed by atoms with Crippen LogP contribution in [0.25, 0.3) is 0 Å². The third kappa shape index (κ3) is 4.04. The van der Waals surface area contributed by atoms with E-state index >= 15 is 0 Å². The Morgan fingerprint density at radius 3 is 2.62 bits per heavy atom. The first-order chi connectivity index (χ1) is 13.9. The number of alkyl halides is 2. The Kier molecular flexibility index (Phi) is 5.65. The number of nitrogens with zero attached hydrogens (tertiary/aromatic N) is 1. The van der Waals surface area contributed by atoms with Gasteiger partial charge in [0.25, 0.3) is 5.91 Å². The highest BCUT2D eigenvalue weighted by Crippen LogP contribution is 2.45. The fourth-order valence-corrected chi connectivity index (χ4v) is 3.88. The molecular formula is C19H17Cl2F2N3O3. The third-order valence-electron chi connectivity index (χ3n) is 5.10. The molecule has 2 aromatic rings. The predicted octanol–water partition coefficient (Wildman–Crippen LogP) is 5.22. The van der Waals surface area contributed by atoms with Crippen LogP contribution in [0.15, 0.2) is 24.5 Å². The summed E-state index contributed by atoms with van der Waals surface area (Å²) in [7, 11) is 0. The van der Waals surface area contributed by atoms with Crippen molar-refractivity contribution < 1.29 is 23.0 Å².